The van der Waals surface area contributed by atoms with Gasteiger partial charge in [0, 0.05) is 19.2 Å². The number of benzene rings is 3. The van der Waals surface area contributed by atoms with Crippen LogP contribution in [0.2, 0.25) is 0 Å². The zero-order chi connectivity index (χ0) is 23.0. The monoisotopic (exact) mass is 458 g/mol. The molecule has 0 radical (unpaired) electrons. The van der Waals surface area contributed by atoms with Crippen molar-refractivity contribution in [2.75, 3.05) is 32.6 Å². The molecular formula is C26H26N4O2S. The fraction of sp³-hybridized carbons (Fsp3) is 0.231. The van der Waals surface area contributed by atoms with Crippen LogP contribution >= 0.6 is 11.3 Å². The standard InChI is InChI=1S/C26H26N4O2S/c1-30(2)14-3-15-31-21-8-6-20(7-9-21)18-28-26-29-24-13-12-23(16-25(24)33-26)32-22-10-4-19(17-27)5-11-22/h4-13,16H,3,14-15,18H2,1-2H3,(H,28,29). The topological polar surface area (TPSA) is 70.4 Å². The third-order valence-electron chi connectivity index (χ3n) is 4.96. The van der Waals surface area contributed by atoms with Crippen LogP contribution in [0.15, 0.2) is 66.7 Å². The molecule has 6 nitrogen and oxygen atoms in total. The third-order valence-corrected chi connectivity index (χ3v) is 5.94. The summed E-state index contributed by atoms with van der Waals surface area (Å²) in [5.41, 5.74) is 2.70. The normalized spacial score (nSPS) is 10.8. The number of nitrogens with one attached hydrogen (secondary N) is 1. The molecular weight excluding hydrogens is 432 g/mol. The van der Waals surface area contributed by atoms with Gasteiger partial charge in [0.2, 0.25) is 0 Å². The molecule has 0 amide bonds. The van der Waals surface area contributed by atoms with Crippen LogP contribution in [0.5, 0.6) is 17.2 Å². The first kappa shape index (κ1) is 22.6. The molecule has 0 spiro atoms. The Balaban J connectivity index is 1.32. The van der Waals surface area contributed by atoms with E-state index >= 15 is 0 Å². The number of hydrogen-bond donors (Lipinski definition) is 1. The van der Waals surface area contributed by atoms with Gasteiger partial charge >= 0.3 is 0 Å². The van der Waals surface area contributed by atoms with E-state index in [0.717, 1.165) is 46.4 Å². The number of fused-ring (bicyclic) bond motifs is 1. The Kier molecular flexibility index (Phi) is 7.40. The lowest BCUT2D eigenvalue weighted by Crippen LogP contribution is -2.15. The largest absolute Gasteiger partial charge is 0.494 e. The van der Waals surface area contributed by atoms with Gasteiger partial charge < -0.3 is 19.7 Å². The molecule has 3 aromatic carbocycles. The maximum Gasteiger partial charge on any atom is 0.184 e. The number of nitrogens with zero attached hydrogens (tertiary/aromatic N) is 3. The minimum absolute atomic E-state index is 0.609. The van der Waals surface area contributed by atoms with E-state index < -0.39 is 0 Å². The van der Waals surface area contributed by atoms with E-state index in [1.165, 1.54) is 5.56 Å². The molecule has 0 saturated heterocycles. The Morgan fingerprint density at radius 2 is 1.70 bits per heavy atom. The first-order valence-corrected chi connectivity index (χ1v) is 11.6. The summed E-state index contributed by atoms with van der Waals surface area (Å²) >= 11 is 1.59. The third kappa shape index (κ3) is 6.45. The van der Waals surface area contributed by atoms with Crippen molar-refractivity contribution in [2.24, 2.45) is 0 Å². The highest BCUT2D eigenvalue weighted by Gasteiger charge is 2.07. The van der Waals surface area contributed by atoms with Gasteiger partial charge in [0.05, 0.1) is 28.5 Å². The van der Waals surface area contributed by atoms with Crippen molar-refractivity contribution in [1.82, 2.24) is 9.88 Å². The minimum atomic E-state index is 0.609. The lowest BCUT2D eigenvalue weighted by molar-refractivity contribution is 0.281. The SMILES string of the molecule is CN(C)CCCOc1ccc(CNc2nc3ccc(Oc4ccc(C#N)cc4)cc3s2)cc1. The van der Waals surface area contributed by atoms with Crippen molar-refractivity contribution in [1.29, 1.82) is 5.26 Å². The van der Waals surface area contributed by atoms with Crippen LogP contribution in [-0.4, -0.2) is 37.1 Å². The Morgan fingerprint density at radius 1 is 0.970 bits per heavy atom. The Bertz CT molecular complexity index is 1230. The number of aromatic nitrogens is 1. The highest BCUT2D eigenvalue weighted by molar-refractivity contribution is 7.22. The number of nitriles is 1. The molecule has 1 N–H and O–H groups in total. The first-order valence-electron chi connectivity index (χ1n) is 10.8. The second-order valence-electron chi connectivity index (χ2n) is 7.89. The maximum absolute atomic E-state index is 8.91. The number of rotatable bonds is 10. The smallest absolute Gasteiger partial charge is 0.184 e. The molecule has 0 aliphatic heterocycles. The summed E-state index contributed by atoms with van der Waals surface area (Å²) in [6.45, 7) is 2.43. The Morgan fingerprint density at radius 3 is 2.42 bits per heavy atom. The molecule has 4 aromatic rings. The summed E-state index contributed by atoms with van der Waals surface area (Å²) in [4.78, 5) is 6.82. The van der Waals surface area contributed by atoms with Crippen molar-refractivity contribution >= 4 is 26.7 Å². The first-order chi connectivity index (χ1) is 16.1. The van der Waals surface area contributed by atoms with Crippen molar-refractivity contribution in [3.05, 3.63) is 77.9 Å². The molecule has 0 aliphatic carbocycles. The maximum atomic E-state index is 8.91. The summed E-state index contributed by atoms with van der Waals surface area (Å²) in [6.07, 6.45) is 1.01. The van der Waals surface area contributed by atoms with Gasteiger partial charge in [0.1, 0.15) is 17.2 Å². The quantitative estimate of drug-likeness (QED) is 0.298. The Labute approximate surface area is 198 Å². The second-order valence-corrected chi connectivity index (χ2v) is 8.92. The fourth-order valence-corrected chi connectivity index (χ4v) is 4.12. The summed E-state index contributed by atoms with van der Waals surface area (Å²) in [7, 11) is 4.13. The van der Waals surface area contributed by atoms with Crippen molar-refractivity contribution in [3.8, 4) is 23.3 Å². The van der Waals surface area contributed by atoms with E-state index in [1.807, 2.05) is 30.3 Å². The summed E-state index contributed by atoms with van der Waals surface area (Å²) in [5.74, 6) is 2.33. The summed E-state index contributed by atoms with van der Waals surface area (Å²) in [6, 6.07) is 23.2. The van der Waals surface area contributed by atoms with Gasteiger partial charge in [-0.15, -0.1) is 0 Å². The van der Waals surface area contributed by atoms with E-state index in [0.29, 0.717) is 17.9 Å². The second kappa shape index (κ2) is 10.8. The Hall–Kier alpha value is -3.60. The molecule has 0 atom stereocenters. The molecule has 0 fully saturated rings. The number of anilines is 1. The van der Waals surface area contributed by atoms with Gasteiger partial charge in [0.15, 0.2) is 5.13 Å². The van der Waals surface area contributed by atoms with Crippen LogP contribution in [0, 0.1) is 11.3 Å². The van der Waals surface area contributed by atoms with Gasteiger partial charge in [-0.3, -0.25) is 0 Å². The van der Waals surface area contributed by atoms with Gasteiger partial charge in [-0.05, 0) is 74.6 Å². The molecule has 1 heterocycles. The number of thiazole rings is 1. The predicted molar refractivity (Wildman–Crippen MR) is 133 cm³/mol. The molecule has 168 valence electrons. The van der Waals surface area contributed by atoms with Crippen LogP contribution in [0.1, 0.15) is 17.5 Å². The van der Waals surface area contributed by atoms with Crippen molar-refractivity contribution in [2.45, 2.75) is 13.0 Å². The van der Waals surface area contributed by atoms with Crippen molar-refractivity contribution < 1.29 is 9.47 Å². The summed E-state index contributed by atoms with van der Waals surface area (Å²) < 4.78 is 12.8. The van der Waals surface area contributed by atoms with Gasteiger partial charge in [-0.2, -0.15) is 5.26 Å². The van der Waals surface area contributed by atoms with E-state index in [9.17, 15) is 0 Å². The van der Waals surface area contributed by atoms with E-state index in [2.05, 4.69) is 47.5 Å². The fourth-order valence-electron chi connectivity index (χ4n) is 3.23. The lowest BCUT2D eigenvalue weighted by atomic mass is 10.2. The van der Waals surface area contributed by atoms with Crippen LogP contribution in [0.3, 0.4) is 0 Å². The van der Waals surface area contributed by atoms with Gasteiger partial charge in [0.25, 0.3) is 0 Å². The average Bonchev–Trinajstić information content (AvgIpc) is 3.24. The van der Waals surface area contributed by atoms with Gasteiger partial charge in [-0.25, -0.2) is 4.98 Å². The van der Waals surface area contributed by atoms with Gasteiger partial charge in [-0.1, -0.05) is 23.5 Å². The molecule has 0 aliphatic rings. The zero-order valence-corrected chi connectivity index (χ0v) is 19.6. The van der Waals surface area contributed by atoms with E-state index in [1.54, 1.807) is 35.6 Å². The molecule has 4 rings (SSSR count). The molecule has 33 heavy (non-hydrogen) atoms. The highest BCUT2D eigenvalue weighted by atomic mass is 32.1. The molecule has 1 aromatic heterocycles. The molecule has 7 heteroatoms. The predicted octanol–water partition coefficient (Wildman–Crippen LogP) is 5.90. The van der Waals surface area contributed by atoms with E-state index in [4.69, 9.17) is 14.7 Å². The minimum Gasteiger partial charge on any atom is -0.494 e. The van der Waals surface area contributed by atoms with Crippen LogP contribution in [-0.2, 0) is 6.54 Å². The lowest BCUT2D eigenvalue weighted by Gasteiger charge is -2.10. The summed E-state index contributed by atoms with van der Waals surface area (Å²) in [5, 5.41) is 13.2. The molecule has 0 saturated carbocycles. The van der Waals surface area contributed by atoms with Crippen LogP contribution < -0.4 is 14.8 Å². The van der Waals surface area contributed by atoms with Crippen molar-refractivity contribution in [3.63, 3.8) is 0 Å². The van der Waals surface area contributed by atoms with Crippen LogP contribution in [0.25, 0.3) is 10.2 Å². The molecule has 0 bridgehead atoms. The number of ether oxygens (including phenoxy) is 2. The highest BCUT2D eigenvalue weighted by Crippen LogP contribution is 2.31. The molecule has 0 unspecified atom stereocenters. The zero-order valence-electron chi connectivity index (χ0n) is 18.7. The number of hydrogen-bond acceptors (Lipinski definition) is 7. The average molecular weight is 459 g/mol. The van der Waals surface area contributed by atoms with E-state index in [-0.39, 0.29) is 0 Å². The van der Waals surface area contributed by atoms with Crippen LogP contribution in [0.4, 0.5) is 5.13 Å².